The Morgan fingerprint density at radius 3 is 1.88 bits per heavy atom. The molecule has 0 saturated heterocycles. The summed E-state index contributed by atoms with van der Waals surface area (Å²) in [7, 11) is 0. The topological polar surface area (TPSA) is 52.6 Å². The van der Waals surface area contributed by atoms with E-state index in [4.69, 9.17) is 9.47 Å². The van der Waals surface area contributed by atoms with E-state index in [0.717, 1.165) is 0 Å². The van der Waals surface area contributed by atoms with Gasteiger partial charge in [0, 0.05) is 6.42 Å². The zero-order valence-electron chi connectivity index (χ0n) is 13.6. The molecule has 0 N–H and O–H groups in total. The van der Waals surface area contributed by atoms with Crippen molar-refractivity contribution in [1.29, 1.82) is 0 Å². The Balaban J connectivity index is 3.69. The highest BCUT2D eigenvalue weighted by Gasteiger charge is 2.34. The summed E-state index contributed by atoms with van der Waals surface area (Å²) in [5.41, 5.74) is -1.87. The van der Waals surface area contributed by atoms with Gasteiger partial charge < -0.3 is 9.47 Å². The van der Waals surface area contributed by atoms with Crippen molar-refractivity contribution >= 4 is 27.7 Å². The maximum Gasteiger partial charge on any atom is 0.345 e. The number of allylic oxidation sites excluding steroid dienone is 1. The highest BCUT2D eigenvalue weighted by atomic mass is 79.9. The fourth-order valence-corrected chi connectivity index (χ4v) is 2.52. The van der Waals surface area contributed by atoms with Gasteiger partial charge in [0.15, 0.2) is 23.3 Å². The van der Waals surface area contributed by atoms with Crippen LogP contribution < -0.4 is 0 Å². The number of carbonyl (C=O) groups excluding carboxylic acids is 2. The van der Waals surface area contributed by atoms with E-state index in [1.807, 2.05) is 0 Å². The van der Waals surface area contributed by atoms with Gasteiger partial charge in [-0.15, -0.1) is 0 Å². The SMILES string of the molecule is CCOC(=O)C(C(=O)c1c(F)c(F)c(F)c(F)c1Br)=C(CC)OCC. The van der Waals surface area contributed by atoms with Gasteiger partial charge in [-0.2, -0.15) is 0 Å². The number of ketones is 1. The van der Waals surface area contributed by atoms with Gasteiger partial charge in [-0.3, -0.25) is 4.79 Å². The first-order valence-corrected chi connectivity index (χ1v) is 8.11. The molecule has 9 heteroatoms. The number of carbonyl (C=O) groups is 2. The standard InChI is InChI=1S/C16H15BrF4O4/c1-4-7(24-5-2)8(16(23)25-6-3)15(22)9-10(17)12(19)14(21)13(20)11(9)18/h4-6H2,1-3H3. The van der Waals surface area contributed by atoms with Crippen LogP contribution >= 0.6 is 15.9 Å². The molecular weight excluding hydrogens is 412 g/mol. The van der Waals surface area contributed by atoms with Crippen LogP contribution in [0.2, 0.25) is 0 Å². The quantitative estimate of drug-likeness (QED) is 0.0743. The first-order valence-electron chi connectivity index (χ1n) is 7.31. The molecule has 1 aromatic rings. The Bertz CT molecular complexity index is 702. The molecule has 0 atom stereocenters. The molecule has 4 nitrogen and oxygen atoms in total. The largest absolute Gasteiger partial charge is 0.497 e. The smallest absolute Gasteiger partial charge is 0.345 e. The zero-order chi connectivity index (χ0) is 19.3. The average molecular weight is 427 g/mol. The van der Waals surface area contributed by atoms with Crippen LogP contribution in [0.3, 0.4) is 0 Å². The lowest BCUT2D eigenvalue weighted by Gasteiger charge is -2.15. The molecule has 0 aliphatic heterocycles. The van der Waals surface area contributed by atoms with Crippen molar-refractivity contribution in [3.63, 3.8) is 0 Å². The van der Waals surface area contributed by atoms with Gasteiger partial charge in [0.25, 0.3) is 0 Å². The fourth-order valence-electron chi connectivity index (χ4n) is 1.99. The molecule has 25 heavy (non-hydrogen) atoms. The van der Waals surface area contributed by atoms with Gasteiger partial charge >= 0.3 is 5.97 Å². The molecule has 0 aliphatic carbocycles. The number of rotatable bonds is 7. The number of benzene rings is 1. The van der Waals surface area contributed by atoms with Gasteiger partial charge in [0.1, 0.15) is 11.3 Å². The summed E-state index contributed by atoms with van der Waals surface area (Å²) in [4.78, 5) is 24.7. The predicted octanol–water partition coefficient (Wildman–Crippen LogP) is 4.45. The minimum atomic E-state index is -2.17. The fraction of sp³-hybridized carbons (Fsp3) is 0.375. The normalized spacial score (nSPS) is 11.8. The van der Waals surface area contributed by atoms with E-state index in [0.29, 0.717) is 0 Å². The minimum Gasteiger partial charge on any atom is -0.497 e. The molecule has 0 saturated carbocycles. The van der Waals surface area contributed by atoms with Crippen molar-refractivity contribution in [2.75, 3.05) is 13.2 Å². The van der Waals surface area contributed by atoms with Crippen molar-refractivity contribution in [1.82, 2.24) is 0 Å². The Hall–Kier alpha value is -1.90. The minimum absolute atomic E-state index is 0.0547. The third kappa shape index (κ3) is 4.20. The summed E-state index contributed by atoms with van der Waals surface area (Å²) in [6.45, 7) is 4.58. The van der Waals surface area contributed by atoms with E-state index >= 15 is 0 Å². The predicted molar refractivity (Wildman–Crippen MR) is 83.9 cm³/mol. The summed E-state index contributed by atoms with van der Waals surface area (Å²) in [5.74, 6) is -10.6. The van der Waals surface area contributed by atoms with E-state index in [1.165, 1.54) is 6.92 Å². The van der Waals surface area contributed by atoms with Gasteiger partial charge in [-0.25, -0.2) is 22.4 Å². The van der Waals surface area contributed by atoms with E-state index < -0.39 is 50.6 Å². The van der Waals surface area contributed by atoms with Gasteiger partial charge in [-0.05, 0) is 29.8 Å². The van der Waals surface area contributed by atoms with Crippen molar-refractivity contribution in [3.8, 4) is 0 Å². The second-order valence-corrected chi connectivity index (χ2v) is 5.37. The molecule has 0 aromatic heterocycles. The van der Waals surface area contributed by atoms with Crippen LogP contribution in [0, 0.1) is 23.3 Å². The first kappa shape index (κ1) is 21.1. The van der Waals surface area contributed by atoms with Crippen LogP contribution in [0.1, 0.15) is 37.6 Å². The summed E-state index contributed by atoms with van der Waals surface area (Å²) >= 11 is 2.53. The van der Waals surface area contributed by atoms with Crippen LogP contribution in [0.4, 0.5) is 17.6 Å². The summed E-state index contributed by atoms with van der Waals surface area (Å²) in [5, 5.41) is 0. The van der Waals surface area contributed by atoms with Crippen molar-refractivity contribution < 1.29 is 36.6 Å². The van der Waals surface area contributed by atoms with Crippen LogP contribution in [-0.2, 0) is 14.3 Å². The number of Topliss-reactive ketones (excluding diaryl/α,β-unsaturated/α-hetero) is 1. The van der Waals surface area contributed by atoms with E-state index in [9.17, 15) is 27.2 Å². The van der Waals surface area contributed by atoms with Crippen molar-refractivity contribution in [3.05, 3.63) is 44.6 Å². The molecule has 0 heterocycles. The third-order valence-electron chi connectivity index (χ3n) is 3.06. The van der Waals surface area contributed by atoms with Crippen LogP contribution in [0.15, 0.2) is 15.8 Å². The van der Waals surface area contributed by atoms with Gasteiger partial charge in [0.05, 0.1) is 23.2 Å². The summed E-state index contributed by atoms with van der Waals surface area (Å²) < 4.78 is 63.5. The Kier molecular flexibility index (Phi) is 7.60. The second kappa shape index (κ2) is 8.98. The molecule has 1 aromatic carbocycles. The van der Waals surface area contributed by atoms with Crippen LogP contribution in [0.25, 0.3) is 0 Å². The zero-order valence-corrected chi connectivity index (χ0v) is 15.2. The molecule has 0 aliphatic rings. The molecule has 0 spiro atoms. The second-order valence-electron chi connectivity index (χ2n) is 4.58. The number of hydrogen-bond acceptors (Lipinski definition) is 4. The van der Waals surface area contributed by atoms with E-state index in [1.54, 1.807) is 13.8 Å². The highest BCUT2D eigenvalue weighted by molar-refractivity contribution is 9.10. The number of halogens is 5. The summed E-state index contributed by atoms with van der Waals surface area (Å²) in [6, 6.07) is 0. The average Bonchev–Trinajstić information content (AvgIpc) is 2.58. The summed E-state index contributed by atoms with van der Waals surface area (Å²) in [6.07, 6.45) is 0.0547. The molecule has 138 valence electrons. The maximum atomic E-state index is 14.1. The van der Waals surface area contributed by atoms with Crippen molar-refractivity contribution in [2.45, 2.75) is 27.2 Å². The monoisotopic (exact) mass is 426 g/mol. The highest BCUT2D eigenvalue weighted by Crippen LogP contribution is 2.31. The molecule has 0 fully saturated rings. The lowest BCUT2D eigenvalue weighted by atomic mass is 10.00. The number of hydrogen-bond donors (Lipinski definition) is 0. The Morgan fingerprint density at radius 1 is 0.880 bits per heavy atom. The molecule has 0 bridgehead atoms. The number of ether oxygens (including phenoxy) is 2. The molecule has 0 amide bonds. The first-order chi connectivity index (χ1) is 11.7. The van der Waals surface area contributed by atoms with Crippen molar-refractivity contribution in [2.24, 2.45) is 0 Å². The van der Waals surface area contributed by atoms with Gasteiger partial charge in [-0.1, -0.05) is 6.92 Å². The maximum absolute atomic E-state index is 14.1. The molecule has 0 unspecified atom stereocenters. The van der Waals surface area contributed by atoms with E-state index in [-0.39, 0.29) is 25.4 Å². The third-order valence-corrected chi connectivity index (χ3v) is 3.81. The lowest BCUT2D eigenvalue weighted by Crippen LogP contribution is -2.22. The molecule has 1 rings (SSSR count). The van der Waals surface area contributed by atoms with Gasteiger partial charge in [0.2, 0.25) is 5.78 Å². The molecular formula is C16H15BrF4O4. The Labute approximate surface area is 149 Å². The van der Waals surface area contributed by atoms with E-state index in [2.05, 4.69) is 15.9 Å². The number of esters is 1. The van der Waals surface area contributed by atoms with Crippen LogP contribution in [-0.4, -0.2) is 25.0 Å². The van der Waals surface area contributed by atoms with Crippen LogP contribution in [0.5, 0.6) is 0 Å². The lowest BCUT2D eigenvalue weighted by molar-refractivity contribution is -0.138. The molecule has 0 radical (unpaired) electrons. The Morgan fingerprint density at radius 2 is 1.40 bits per heavy atom.